The Labute approximate surface area is 138 Å². The fourth-order valence-corrected chi connectivity index (χ4v) is 2.12. The normalized spacial score (nSPS) is 11.8. The first kappa shape index (κ1) is 19.2. The third-order valence-electron chi connectivity index (χ3n) is 2.76. The van der Waals surface area contributed by atoms with Gasteiger partial charge >= 0.3 is 0 Å². The molecule has 1 aromatic rings. The molecule has 114 valence electrons. The van der Waals surface area contributed by atoms with Crippen molar-refractivity contribution in [1.82, 2.24) is 0 Å². The highest BCUT2D eigenvalue weighted by Gasteiger charge is 2.05. The molecule has 0 fully saturated rings. The van der Waals surface area contributed by atoms with Gasteiger partial charge in [-0.05, 0) is 24.1 Å². The largest absolute Gasteiger partial charge is 0.370 e. The van der Waals surface area contributed by atoms with Crippen molar-refractivity contribution in [3.63, 3.8) is 0 Å². The van der Waals surface area contributed by atoms with Gasteiger partial charge in [0.2, 0.25) is 0 Å². The minimum absolute atomic E-state index is 0. The molecule has 0 heterocycles. The first-order chi connectivity index (χ1) is 8.96. The van der Waals surface area contributed by atoms with Crippen molar-refractivity contribution in [2.24, 2.45) is 10.7 Å². The van der Waals surface area contributed by atoms with Gasteiger partial charge in [0.1, 0.15) is 0 Å². The summed E-state index contributed by atoms with van der Waals surface area (Å²) in [6.45, 7) is 3.89. The van der Waals surface area contributed by atoms with E-state index in [0.717, 1.165) is 12.1 Å². The molecule has 0 radical (unpaired) electrons. The summed E-state index contributed by atoms with van der Waals surface area (Å²) in [5, 5.41) is 2.93. The Bertz CT molecular complexity index is 527. The number of halogens is 1. The van der Waals surface area contributed by atoms with Gasteiger partial charge in [-0.3, -0.25) is 4.99 Å². The van der Waals surface area contributed by atoms with E-state index in [0.29, 0.717) is 0 Å². The van der Waals surface area contributed by atoms with Gasteiger partial charge in [-0.1, -0.05) is 26.0 Å². The number of nitrogens with zero attached hydrogens (tertiary/aromatic N) is 1. The summed E-state index contributed by atoms with van der Waals surface area (Å²) in [5.41, 5.74) is 7.78. The topological polar surface area (TPSA) is 84.5 Å². The molecule has 3 N–H and O–H groups in total. The predicted molar refractivity (Wildman–Crippen MR) is 95.7 cm³/mol. The number of rotatable bonds is 6. The molecule has 0 bridgehead atoms. The lowest BCUT2D eigenvalue weighted by Crippen LogP contribution is -2.24. The zero-order valence-electron chi connectivity index (χ0n) is 11.8. The molecular weight excluding hydrogens is 389 g/mol. The van der Waals surface area contributed by atoms with Crippen molar-refractivity contribution in [3.05, 3.63) is 29.8 Å². The lowest BCUT2D eigenvalue weighted by Gasteiger charge is -2.06. The fourth-order valence-electron chi connectivity index (χ4n) is 1.46. The van der Waals surface area contributed by atoms with E-state index in [1.165, 1.54) is 5.56 Å². The Morgan fingerprint density at radius 2 is 1.85 bits per heavy atom. The van der Waals surface area contributed by atoms with Crippen LogP contribution in [0, 0.1) is 0 Å². The quantitative estimate of drug-likeness (QED) is 0.426. The predicted octanol–water partition coefficient (Wildman–Crippen LogP) is 2.03. The van der Waals surface area contributed by atoms with Gasteiger partial charge in [0.15, 0.2) is 15.8 Å². The minimum atomic E-state index is -2.99. The summed E-state index contributed by atoms with van der Waals surface area (Å²) in [5.74, 6) is 0.394. The Balaban J connectivity index is 0.00000361. The van der Waals surface area contributed by atoms with Gasteiger partial charge in [-0.15, -0.1) is 24.0 Å². The van der Waals surface area contributed by atoms with Crippen LogP contribution in [0.3, 0.4) is 0 Å². The lowest BCUT2D eigenvalue weighted by molar-refractivity contribution is 0.597. The van der Waals surface area contributed by atoms with E-state index in [9.17, 15) is 8.42 Å². The minimum Gasteiger partial charge on any atom is -0.370 e. The molecule has 1 rings (SSSR count). The Kier molecular flexibility index (Phi) is 8.79. The zero-order valence-corrected chi connectivity index (χ0v) is 14.9. The van der Waals surface area contributed by atoms with Gasteiger partial charge < -0.3 is 11.1 Å². The average Bonchev–Trinajstić information content (AvgIpc) is 2.39. The first-order valence-electron chi connectivity index (χ1n) is 6.33. The molecule has 1 aromatic carbocycles. The summed E-state index contributed by atoms with van der Waals surface area (Å²) in [6.07, 6.45) is 0.985. The highest BCUT2D eigenvalue weighted by Crippen LogP contribution is 2.09. The van der Waals surface area contributed by atoms with Crippen molar-refractivity contribution in [3.8, 4) is 0 Å². The fraction of sp³-hybridized carbons (Fsp3) is 0.462. The first-order valence-corrected chi connectivity index (χ1v) is 8.15. The van der Waals surface area contributed by atoms with Crippen molar-refractivity contribution in [2.75, 3.05) is 23.4 Å². The van der Waals surface area contributed by atoms with E-state index < -0.39 is 9.84 Å². The van der Waals surface area contributed by atoms with Gasteiger partial charge in [0.05, 0.1) is 12.3 Å². The number of nitrogens with one attached hydrogen (secondary N) is 1. The number of anilines is 1. The molecule has 0 saturated carbocycles. The Morgan fingerprint density at radius 1 is 1.25 bits per heavy atom. The van der Waals surface area contributed by atoms with Crippen LogP contribution in [-0.4, -0.2) is 32.4 Å². The maximum absolute atomic E-state index is 11.3. The summed E-state index contributed by atoms with van der Waals surface area (Å²) in [6, 6.07) is 7.86. The number of nitrogens with two attached hydrogens (primary N) is 1. The SMILES string of the molecule is CCc1ccc(NC(N)=NCCS(=O)(=O)CC)cc1.I. The summed E-state index contributed by atoms with van der Waals surface area (Å²) >= 11 is 0. The van der Waals surface area contributed by atoms with E-state index in [4.69, 9.17) is 5.73 Å². The molecule has 0 saturated heterocycles. The van der Waals surface area contributed by atoms with Crippen LogP contribution in [0.25, 0.3) is 0 Å². The van der Waals surface area contributed by atoms with Crippen LogP contribution in [0.15, 0.2) is 29.3 Å². The molecule has 0 atom stereocenters. The van der Waals surface area contributed by atoms with Crippen LogP contribution >= 0.6 is 24.0 Å². The van der Waals surface area contributed by atoms with E-state index >= 15 is 0 Å². The second kappa shape index (κ2) is 9.17. The van der Waals surface area contributed by atoms with E-state index in [2.05, 4.69) is 17.2 Å². The summed E-state index contributed by atoms with van der Waals surface area (Å²) in [7, 11) is -2.99. The molecule has 7 heteroatoms. The molecule has 0 aromatic heterocycles. The lowest BCUT2D eigenvalue weighted by atomic mass is 10.1. The average molecular weight is 411 g/mol. The number of hydrogen-bond donors (Lipinski definition) is 2. The number of guanidine groups is 1. The molecule has 0 spiro atoms. The van der Waals surface area contributed by atoms with Crippen molar-refractivity contribution >= 4 is 45.5 Å². The number of benzene rings is 1. The number of hydrogen-bond acceptors (Lipinski definition) is 3. The zero-order chi connectivity index (χ0) is 14.3. The third kappa shape index (κ3) is 7.09. The van der Waals surface area contributed by atoms with E-state index in [1.54, 1.807) is 6.92 Å². The Hall–Kier alpha value is -0.830. The van der Waals surface area contributed by atoms with Crippen LogP contribution < -0.4 is 11.1 Å². The monoisotopic (exact) mass is 411 g/mol. The van der Waals surface area contributed by atoms with Crippen LogP contribution in [-0.2, 0) is 16.3 Å². The molecule has 20 heavy (non-hydrogen) atoms. The molecule has 0 amide bonds. The smallest absolute Gasteiger partial charge is 0.193 e. The highest BCUT2D eigenvalue weighted by atomic mass is 127. The van der Waals surface area contributed by atoms with Crippen LogP contribution in [0.2, 0.25) is 0 Å². The number of aryl methyl sites for hydroxylation is 1. The summed E-state index contributed by atoms with van der Waals surface area (Å²) < 4.78 is 22.6. The van der Waals surface area contributed by atoms with Crippen LogP contribution in [0.4, 0.5) is 5.69 Å². The molecule has 0 unspecified atom stereocenters. The molecule has 5 nitrogen and oxygen atoms in total. The van der Waals surface area contributed by atoms with Gasteiger partial charge in [-0.2, -0.15) is 0 Å². The Morgan fingerprint density at radius 3 is 2.35 bits per heavy atom. The van der Waals surface area contributed by atoms with Crippen molar-refractivity contribution in [1.29, 1.82) is 0 Å². The van der Waals surface area contributed by atoms with Gasteiger partial charge in [0, 0.05) is 11.4 Å². The van der Waals surface area contributed by atoms with Crippen LogP contribution in [0.1, 0.15) is 19.4 Å². The second-order valence-corrected chi connectivity index (χ2v) is 6.65. The van der Waals surface area contributed by atoms with E-state index in [-0.39, 0.29) is 48.0 Å². The summed E-state index contributed by atoms with van der Waals surface area (Å²) in [4.78, 5) is 4.00. The molecule has 0 aliphatic heterocycles. The van der Waals surface area contributed by atoms with Crippen LogP contribution in [0.5, 0.6) is 0 Å². The highest BCUT2D eigenvalue weighted by molar-refractivity contribution is 14.0. The number of aliphatic imine (C=N–C) groups is 1. The molecule has 0 aliphatic rings. The molecular formula is C13H22IN3O2S. The third-order valence-corrected chi connectivity index (χ3v) is 4.44. The van der Waals surface area contributed by atoms with E-state index in [1.807, 2.05) is 24.3 Å². The van der Waals surface area contributed by atoms with Gasteiger partial charge in [0.25, 0.3) is 0 Å². The van der Waals surface area contributed by atoms with Crippen molar-refractivity contribution < 1.29 is 8.42 Å². The maximum Gasteiger partial charge on any atom is 0.193 e. The standard InChI is InChI=1S/C13H21N3O2S.HI/c1-3-11-5-7-12(8-6-11)16-13(14)15-9-10-19(17,18)4-2;/h5-8H,3-4,9-10H2,1-2H3,(H3,14,15,16);1H. The van der Waals surface area contributed by atoms with Crippen molar-refractivity contribution in [2.45, 2.75) is 20.3 Å². The second-order valence-electron chi connectivity index (χ2n) is 4.18. The number of sulfone groups is 1. The maximum atomic E-state index is 11.3. The molecule has 0 aliphatic carbocycles. The van der Waals surface area contributed by atoms with Gasteiger partial charge in [-0.25, -0.2) is 8.42 Å².